The van der Waals surface area contributed by atoms with E-state index < -0.39 is 0 Å². The first-order valence-corrected chi connectivity index (χ1v) is 4.32. The Hall–Kier alpha value is -1.90. The standard InChI is InChI=1S/C11H10N2O/c1-8-3-2-4-11-10(8)5-9(14-11)6-13-7-12/h2-7,12H,1H3. The van der Waals surface area contributed by atoms with Gasteiger partial charge in [-0.2, -0.15) is 0 Å². The first kappa shape index (κ1) is 8.69. The first-order chi connectivity index (χ1) is 6.81. The second-order valence-electron chi connectivity index (χ2n) is 3.04. The molecule has 0 radical (unpaired) electrons. The highest BCUT2D eigenvalue weighted by Gasteiger charge is 2.02. The second kappa shape index (κ2) is 3.46. The summed E-state index contributed by atoms with van der Waals surface area (Å²) in [4.78, 5) is 3.69. The molecule has 3 nitrogen and oxygen atoms in total. The number of nitrogens with zero attached hydrogens (tertiary/aromatic N) is 1. The summed E-state index contributed by atoms with van der Waals surface area (Å²) in [6, 6.07) is 7.84. The van der Waals surface area contributed by atoms with E-state index in [1.165, 1.54) is 11.8 Å². The van der Waals surface area contributed by atoms with E-state index >= 15 is 0 Å². The number of fused-ring (bicyclic) bond motifs is 1. The third-order valence-corrected chi connectivity index (χ3v) is 2.07. The van der Waals surface area contributed by atoms with Gasteiger partial charge in [-0.15, -0.1) is 0 Å². The molecule has 1 N–H and O–H groups in total. The van der Waals surface area contributed by atoms with E-state index in [0.29, 0.717) is 5.76 Å². The quantitative estimate of drug-likeness (QED) is 0.569. The van der Waals surface area contributed by atoms with E-state index in [2.05, 4.69) is 4.99 Å². The molecule has 0 amide bonds. The van der Waals surface area contributed by atoms with Crippen LogP contribution in [0.1, 0.15) is 11.3 Å². The molecule has 0 saturated carbocycles. The zero-order valence-corrected chi connectivity index (χ0v) is 7.82. The molecular weight excluding hydrogens is 176 g/mol. The highest BCUT2D eigenvalue weighted by molar-refractivity contribution is 5.90. The van der Waals surface area contributed by atoms with E-state index in [4.69, 9.17) is 9.83 Å². The minimum Gasteiger partial charge on any atom is -0.455 e. The number of rotatable bonds is 2. The van der Waals surface area contributed by atoms with Gasteiger partial charge in [0.1, 0.15) is 17.7 Å². The van der Waals surface area contributed by atoms with Crippen LogP contribution in [0.2, 0.25) is 0 Å². The topological polar surface area (TPSA) is 49.4 Å². The maximum atomic E-state index is 6.76. The van der Waals surface area contributed by atoms with Crippen LogP contribution in [0.5, 0.6) is 0 Å². The van der Waals surface area contributed by atoms with E-state index in [1.54, 1.807) is 0 Å². The highest BCUT2D eigenvalue weighted by Crippen LogP contribution is 2.21. The summed E-state index contributed by atoms with van der Waals surface area (Å²) in [6.45, 7) is 2.04. The van der Waals surface area contributed by atoms with Crippen LogP contribution in [0, 0.1) is 12.3 Å². The van der Waals surface area contributed by atoms with Crippen LogP contribution in [0.4, 0.5) is 0 Å². The van der Waals surface area contributed by atoms with Gasteiger partial charge in [0.15, 0.2) is 0 Å². The van der Waals surface area contributed by atoms with Crippen LogP contribution in [-0.4, -0.2) is 12.6 Å². The summed E-state index contributed by atoms with van der Waals surface area (Å²) >= 11 is 0. The fourth-order valence-electron chi connectivity index (χ4n) is 1.40. The molecule has 70 valence electrons. The molecule has 3 heteroatoms. The Kier molecular flexibility index (Phi) is 2.14. The van der Waals surface area contributed by atoms with Crippen molar-refractivity contribution in [1.29, 1.82) is 5.41 Å². The average Bonchev–Trinajstić information content (AvgIpc) is 2.59. The minimum atomic E-state index is 0.679. The van der Waals surface area contributed by atoms with Gasteiger partial charge in [-0.3, -0.25) is 5.41 Å². The smallest absolute Gasteiger partial charge is 0.146 e. The Morgan fingerprint density at radius 1 is 1.43 bits per heavy atom. The lowest BCUT2D eigenvalue weighted by Gasteiger charge is -1.90. The van der Waals surface area contributed by atoms with Crippen molar-refractivity contribution in [2.75, 3.05) is 0 Å². The van der Waals surface area contributed by atoms with Crippen molar-refractivity contribution in [1.82, 2.24) is 0 Å². The van der Waals surface area contributed by atoms with Crippen molar-refractivity contribution in [2.24, 2.45) is 4.99 Å². The van der Waals surface area contributed by atoms with Gasteiger partial charge in [0.2, 0.25) is 0 Å². The predicted molar refractivity (Wildman–Crippen MR) is 57.3 cm³/mol. The van der Waals surface area contributed by atoms with Gasteiger partial charge in [-0.25, -0.2) is 4.99 Å². The largest absolute Gasteiger partial charge is 0.455 e. The summed E-state index contributed by atoms with van der Waals surface area (Å²) in [7, 11) is 0. The summed E-state index contributed by atoms with van der Waals surface area (Å²) in [5.74, 6) is 0.679. The number of aliphatic imine (C=N–C) groups is 1. The van der Waals surface area contributed by atoms with Crippen molar-refractivity contribution in [3.63, 3.8) is 0 Å². The maximum absolute atomic E-state index is 6.76. The van der Waals surface area contributed by atoms with Crippen LogP contribution in [-0.2, 0) is 0 Å². The lowest BCUT2D eigenvalue weighted by atomic mass is 10.1. The van der Waals surface area contributed by atoms with E-state index in [-0.39, 0.29) is 0 Å². The molecule has 0 aliphatic carbocycles. The Labute approximate surface area is 81.6 Å². The number of benzene rings is 1. The van der Waals surface area contributed by atoms with Crippen molar-refractivity contribution in [2.45, 2.75) is 6.92 Å². The molecule has 2 rings (SSSR count). The molecule has 0 fully saturated rings. The van der Waals surface area contributed by atoms with Gasteiger partial charge in [0.05, 0.1) is 6.21 Å². The molecule has 0 spiro atoms. The number of nitrogens with one attached hydrogen (secondary N) is 1. The zero-order valence-electron chi connectivity index (χ0n) is 7.82. The molecule has 14 heavy (non-hydrogen) atoms. The fourth-order valence-corrected chi connectivity index (χ4v) is 1.40. The van der Waals surface area contributed by atoms with Crippen molar-refractivity contribution >= 4 is 23.5 Å². The summed E-state index contributed by atoms with van der Waals surface area (Å²) < 4.78 is 5.50. The van der Waals surface area contributed by atoms with Crippen LogP contribution in [0.25, 0.3) is 11.0 Å². The Bertz CT molecular complexity index is 497. The molecule has 0 atom stereocenters. The van der Waals surface area contributed by atoms with E-state index in [1.807, 2.05) is 31.2 Å². The Morgan fingerprint density at radius 2 is 2.29 bits per heavy atom. The lowest BCUT2D eigenvalue weighted by Crippen LogP contribution is -1.73. The maximum Gasteiger partial charge on any atom is 0.146 e. The molecule has 1 heterocycles. The third kappa shape index (κ3) is 1.44. The molecule has 0 aliphatic rings. The van der Waals surface area contributed by atoms with Crippen molar-refractivity contribution < 1.29 is 4.42 Å². The van der Waals surface area contributed by atoms with Gasteiger partial charge in [0, 0.05) is 5.39 Å². The minimum absolute atomic E-state index is 0.679. The van der Waals surface area contributed by atoms with Crippen LogP contribution >= 0.6 is 0 Å². The normalized spacial score (nSPS) is 11.2. The van der Waals surface area contributed by atoms with Crippen LogP contribution < -0.4 is 0 Å². The Morgan fingerprint density at radius 3 is 3.00 bits per heavy atom. The molecule has 0 bridgehead atoms. The van der Waals surface area contributed by atoms with E-state index in [0.717, 1.165) is 17.3 Å². The van der Waals surface area contributed by atoms with Crippen molar-refractivity contribution in [3.05, 3.63) is 35.6 Å². The molecular formula is C11H10N2O. The summed E-state index contributed by atoms with van der Waals surface area (Å²) in [5, 5.41) is 7.86. The molecule has 0 aliphatic heterocycles. The van der Waals surface area contributed by atoms with Crippen molar-refractivity contribution in [3.8, 4) is 0 Å². The summed E-state index contributed by atoms with van der Waals surface area (Å²) in [5.41, 5.74) is 2.04. The van der Waals surface area contributed by atoms with Gasteiger partial charge in [0.25, 0.3) is 0 Å². The summed E-state index contributed by atoms with van der Waals surface area (Å²) in [6.07, 6.45) is 2.52. The van der Waals surface area contributed by atoms with Gasteiger partial charge >= 0.3 is 0 Å². The number of furan rings is 1. The fraction of sp³-hybridized carbons (Fsp3) is 0.0909. The molecule has 0 unspecified atom stereocenters. The lowest BCUT2D eigenvalue weighted by molar-refractivity contribution is 0.608. The predicted octanol–water partition coefficient (Wildman–Crippen LogP) is 2.77. The van der Waals surface area contributed by atoms with Crippen LogP contribution in [0.3, 0.4) is 0 Å². The number of hydrogen-bond acceptors (Lipinski definition) is 2. The SMILES string of the molecule is Cc1cccc2oc(C=NC=N)cc12. The van der Waals surface area contributed by atoms with Gasteiger partial charge < -0.3 is 4.42 Å². The Balaban J connectivity index is 2.56. The van der Waals surface area contributed by atoms with Gasteiger partial charge in [-0.05, 0) is 24.6 Å². The van der Waals surface area contributed by atoms with E-state index in [9.17, 15) is 0 Å². The zero-order chi connectivity index (χ0) is 9.97. The average molecular weight is 186 g/mol. The molecule has 1 aromatic carbocycles. The first-order valence-electron chi connectivity index (χ1n) is 4.32. The van der Waals surface area contributed by atoms with Gasteiger partial charge in [-0.1, -0.05) is 12.1 Å². The third-order valence-electron chi connectivity index (χ3n) is 2.07. The highest BCUT2D eigenvalue weighted by atomic mass is 16.3. The van der Waals surface area contributed by atoms with Crippen LogP contribution in [0.15, 0.2) is 33.7 Å². The molecule has 0 saturated heterocycles. The molecule has 1 aromatic heterocycles. The number of aryl methyl sites for hydroxylation is 1. The monoisotopic (exact) mass is 186 g/mol. The number of hydrogen-bond donors (Lipinski definition) is 1. The molecule has 2 aromatic rings. The second-order valence-corrected chi connectivity index (χ2v) is 3.04.